The topological polar surface area (TPSA) is 45.0 Å². The zero-order chi connectivity index (χ0) is 13.8. The van der Waals surface area contributed by atoms with Crippen LogP contribution in [0.25, 0.3) is 10.8 Å². The Hall–Kier alpha value is -2.05. The zero-order valence-corrected chi connectivity index (χ0v) is 11.4. The summed E-state index contributed by atoms with van der Waals surface area (Å²) in [5.41, 5.74) is 0.698. The van der Waals surface area contributed by atoms with Crippen LogP contribution in [0.1, 0.15) is 24.8 Å². The first-order chi connectivity index (χ1) is 9.88. The normalized spacial score (nSPS) is 18.6. The van der Waals surface area contributed by atoms with Crippen LogP contribution in [0.15, 0.2) is 36.4 Å². The van der Waals surface area contributed by atoms with Crippen molar-refractivity contribution in [1.82, 2.24) is 5.32 Å². The van der Waals surface area contributed by atoms with Gasteiger partial charge in [0.1, 0.15) is 12.4 Å². The molecule has 3 nitrogen and oxygen atoms in total. The summed E-state index contributed by atoms with van der Waals surface area (Å²) in [5, 5.41) is 14.6. The maximum Gasteiger partial charge on any atom is 0.127 e. The van der Waals surface area contributed by atoms with E-state index in [1.165, 1.54) is 19.3 Å². The van der Waals surface area contributed by atoms with E-state index in [0.717, 1.165) is 23.1 Å². The molecule has 0 aromatic heterocycles. The van der Waals surface area contributed by atoms with Gasteiger partial charge in [-0.3, -0.25) is 0 Å². The molecule has 102 valence electrons. The minimum Gasteiger partial charge on any atom is -0.491 e. The Morgan fingerprint density at radius 2 is 2.00 bits per heavy atom. The summed E-state index contributed by atoms with van der Waals surface area (Å²) in [6.45, 7) is 1.78. The standard InChI is InChI=1S/C17H18N2O/c18-11-13-8-9-17(16-7-2-1-6-15(13)16)20-12-14-5-3-4-10-19-14/h1-2,6-9,14,19H,3-5,10,12H2. The SMILES string of the molecule is N#Cc1ccc(OCC2CCCCN2)c2ccccc12. The first-order valence-electron chi connectivity index (χ1n) is 7.16. The quantitative estimate of drug-likeness (QED) is 0.927. The molecule has 1 aliphatic rings. The predicted molar refractivity (Wildman–Crippen MR) is 79.8 cm³/mol. The van der Waals surface area contributed by atoms with Crippen LogP contribution in [0.4, 0.5) is 0 Å². The number of nitrogens with zero attached hydrogens (tertiary/aromatic N) is 1. The lowest BCUT2D eigenvalue weighted by Gasteiger charge is -2.23. The summed E-state index contributed by atoms with van der Waals surface area (Å²) in [6, 6.07) is 14.3. The second-order valence-corrected chi connectivity index (χ2v) is 5.23. The Labute approximate surface area is 119 Å². The largest absolute Gasteiger partial charge is 0.491 e. The lowest BCUT2D eigenvalue weighted by molar-refractivity contribution is 0.241. The van der Waals surface area contributed by atoms with Crippen LogP contribution in [0.5, 0.6) is 5.75 Å². The van der Waals surface area contributed by atoms with E-state index in [0.29, 0.717) is 18.2 Å². The molecular formula is C17H18N2O. The van der Waals surface area contributed by atoms with Gasteiger partial charge in [-0.2, -0.15) is 5.26 Å². The van der Waals surface area contributed by atoms with Gasteiger partial charge in [-0.15, -0.1) is 0 Å². The van der Waals surface area contributed by atoms with Crippen LogP contribution in [0, 0.1) is 11.3 Å². The van der Waals surface area contributed by atoms with Crippen LogP contribution < -0.4 is 10.1 Å². The molecule has 0 bridgehead atoms. The molecule has 3 rings (SSSR count). The fourth-order valence-electron chi connectivity index (χ4n) is 2.75. The van der Waals surface area contributed by atoms with Gasteiger partial charge in [0, 0.05) is 16.8 Å². The Bertz CT molecular complexity index is 639. The molecule has 0 aliphatic carbocycles. The molecule has 1 saturated heterocycles. The third-order valence-electron chi connectivity index (χ3n) is 3.86. The highest BCUT2D eigenvalue weighted by Gasteiger charge is 2.14. The van der Waals surface area contributed by atoms with Crippen molar-refractivity contribution in [3.8, 4) is 11.8 Å². The summed E-state index contributed by atoms with van der Waals surface area (Å²) >= 11 is 0. The molecule has 1 atom stereocenters. The second kappa shape index (κ2) is 5.94. The van der Waals surface area contributed by atoms with Crippen molar-refractivity contribution < 1.29 is 4.74 Å². The smallest absolute Gasteiger partial charge is 0.127 e. The van der Waals surface area contributed by atoms with E-state index >= 15 is 0 Å². The number of fused-ring (bicyclic) bond motifs is 1. The number of piperidine rings is 1. The van der Waals surface area contributed by atoms with E-state index in [4.69, 9.17) is 10.00 Å². The van der Waals surface area contributed by atoms with Crippen LogP contribution in [0.2, 0.25) is 0 Å². The van der Waals surface area contributed by atoms with Gasteiger partial charge in [0.2, 0.25) is 0 Å². The second-order valence-electron chi connectivity index (χ2n) is 5.23. The van der Waals surface area contributed by atoms with Crippen molar-refractivity contribution in [2.45, 2.75) is 25.3 Å². The molecule has 0 spiro atoms. The third kappa shape index (κ3) is 2.61. The van der Waals surface area contributed by atoms with Crippen molar-refractivity contribution in [2.75, 3.05) is 13.2 Å². The molecule has 1 aliphatic heterocycles. The average Bonchev–Trinajstić information content (AvgIpc) is 2.53. The monoisotopic (exact) mass is 266 g/mol. The van der Waals surface area contributed by atoms with Crippen molar-refractivity contribution in [3.63, 3.8) is 0 Å². The van der Waals surface area contributed by atoms with Gasteiger partial charge in [0.25, 0.3) is 0 Å². The highest BCUT2D eigenvalue weighted by molar-refractivity contribution is 5.92. The summed E-state index contributed by atoms with van der Waals surface area (Å²) in [4.78, 5) is 0. The predicted octanol–water partition coefficient (Wildman–Crippen LogP) is 3.23. The summed E-state index contributed by atoms with van der Waals surface area (Å²) in [6.07, 6.45) is 3.71. The summed E-state index contributed by atoms with van der Waals surface area (Å²) in [5.74, 6) is 0.868. The van der Waals surface area contributed by atoms with Gasteiger partial charge in [-0.1, -0.05) is 30.7 Å². The molecule has 0 saturated carbocycles. The van der Waals surface area contributed by atoms with E-state index in [9.17, 15) is 0 Å². The van der Waals surface area contributed by atoms with Crippen LogP contribution in [0.3, 0.4) is 0 Å². The Morgan fingerprint density at radius 1 is 1.15 bits per heavy atom. The van der Waals surface area contributed by atoms with Crippen LogP contribution >= 0.6 is 0 Å². The van der Waals surface area contributed by atoms with Gasteiger partial charge in [-0.25, -0.2) is 0 Å². The number of ether oxygens (including phenoxy) is 1. The van der Waals surface area contributed by atoms with Crippen molar-refractivity contribution in [1.29, 1.82) is 5.26 Å². The Kier molecular flexibility index (Phi) is 3.85. The highest BCUT2D eigenvalue weighted by atomic mass is 16.5. The van der Waals surface area contributed by atoms with Gasteiger partial charge >= 0.3 is 0 Å². The number of nitriles is 1. The first-order valence-corrected chi connectivity index (χ1v) is 7.16. The number of benzene rings is 2. The van der Waals surface area contributed by atoms with Crippen molar-refractivity contribution in [3.05, 3.63) is 42.0 Å². The van der Waals surface area contributed by atoms with E-state index < -0.39 is 0 Å². The van der Waals surface area contributed by atoms with E-state index in [1.807, 2.05) is 36.4 Å². The van der Waals surface area contributed by atoms with Gasteiger partial charge in [-0.05, 0) is 31.5 Å². The van der Waals surface area contributed by atoms with E-state index in [2.05, 4.69) is 11.4 Å². The molecule has 1 unspecified atom stereocenters. The first kappa shape index (κ1) is 13.0. The van der Waals surface area contributed by atoms with Crippen LogP contribution in [-0.4, -0.2) is 19.2 Å². The maximum absolute atomic E-state index is 9.16. The zero-order valence-electron chi connectivity index (χ0n) is 11.4. The molecular weight excluding hydrogens is 248 g/mol. The fourth-order valence-corrected chi connectivity index (χ4v) is 2.75. The molecule has 1 heterocycles. The lowest BCUT2D eigenvalue weighted by atomic mass is 10.0. The molecule has 20 heavy (non-hydrogen) atoms. The number of rotatable bonds is 3. The van der Waals surface area contributed by atoms with Gasteiger partial charge in [0.05, 0.1) is 11.6 Å². The molecule has 2 aromatic carbocycles. The molecule has 0 radical (unpaired) electrons. The number of nitrogens with one attached hydrogen (secondary N) is 1. The number of hydrogen-bond donors (Lipinski definition) is 1. The summed E-state index contributed by atoms with van der Waals surface area (Å²) in [7, 11) is 0. The molecule has 3 heteroatoms. The van der Waals surface area contributed by atoms with Crippen molar-refractivity contribution in [2.24, 2.45) is 0 Å². The average molecular weight is 266 g/mol. The molecule has 2 aromatic rings. The highest BCUT2D eigenvalue weighted by Crippen LogP contribution is 2.28. The number of hydrogen-bond acceptors (Lipinski definition) is 3. The molecule has 1 fully saturated rings. The lowest BCUT2D eigenvalue weighted by Crippen LogP contribution is -2.38. The Balaban J connectivity index is 1.83. The minimum absolute atomic E-state index is 0.443. The molecule has 0 amide bonds. The van der Waals surface area contributed by atoms with E-state index in [-0.39, 0.29) is 0 Å². The van der Waals surface area contributed by atoms with Crippen LogP contribution in [-0.2, 0) is 0 Å². The maximum atomic E-state index is 9.16. The molecule has 1 N–H and O–H groups in total. The van der Waals surface area contributed by atoms with Crippen molar-refractivity contribution >= 4 is 10.8 Å². The fraction of sp³-hybridized carbons (Fsp3) is 0.353. The minimum atomic E-state index is 0.443. The van der Waals surface area contributed by atoms with Gasteiger partial charge < -0.3 is 10.1 Å². The Morgan fingerprint density at radius 3 is 2.75 bits per heavy atom. The third-order valence-corrected chi connectivity index (χ3v) is 3.86. The van der Waals surface area contributed by atoms with Gasteiger partial charge in [0.15, 0.2) is 0 Å². The van der Waals surface area contributed by atoms with E-state index in [1.54, 1.807) is 0 Å². The summed E-state index contributed by atoms with van der Waals surface area (Å²) < 4.78 is 5.99.